The van der Waals surface area contributed by atoms with Crippen LogP contribution in [0.5, 0.6) is 0 Å². The lowest BCUT2D eigenvalue weighted by atomic mass is 9.95. The number of benzene rings is 2. The standard InChI is InChI=1S/C23H16ClN3O7S/c1-11-20(22(31)34-2)35-23(25-11)26-17(12-5-9-15(10-6-12)27(32)33)16(19(29)21(26)30)18(28)13-3-7-14(24)8-4-13/h3-10,17,28H,1-2H3/b18-16+/t17-/m0/s1. The molecule has 10 nitrogen and oxygen atoms in total. The van der Waals surface area contributed by atoms with E-state index in [9.17, 15) is 29.6 Å². The van der Waals surface area contributed by atoms with Crippen LogP contribution in [0.3, 0.4) is 0 Å². The van der Waals surface area contributed by atoms with E-state index in [1.165, 1.54) is 55.6 Å². The van der Waals surface area contributed by atoms with Gasteiger partial charge >= 0.3 is 11.9 Å². The number of Topliss-reactive ketones (excluding diaryl/α,β-unsaturated/α-hetero) is 1. The minimum atomic E-state index is -1.16. The Morgan fingerprint density at radius 2 is 1.80 bits per heavy atom. The maximum atomic E-state index is 13.2. The molecule has 4 rings (SSSR count). The Bertz CT molecular complexity index is 1400. The number of halogens is 1. The molecule has 1 N–H and O–H groups in total. The highest BCUT2D eigenvalue weighted by Gasteiger charge is 2.48. The second-order valence-electron chi connectivity index (χ2n) is 7.43. The van der Waals surface area contributed by atoms with Crippen LogP contribution in [-0.4, -0.2) is 39.8 Å². The number of ketones is 1. The Labute approximate surface area is 207 Å². The second-order valence-corrected chi connectivity index (χ2v) is 8.84. The molecule has 0 spiro atoms. The number of anilines is 1. The van der Waals surface area contributed by atoms with E-state index < -0.39 is 34.4 Å². The van der Waals surface area contributed by atoms with E-state index in [1.54, 1.807) is 6.92 Å². The predicted molar refractivity (Wildman–Crippen MR) is 128 cm³/mol. The van der Waals surface area contributed by atoms with Crippen LogP contribution < -0.4 is 4.90 Å². The molecule has 1 atom stereocenters. The Hall–Kier alpha value is -4.09. The molecule has 178 valence electrons. The number of nitro benzene ring substituents is 1. The van der Waals surface area contributed by atoms with Crippen LogP contribution in [0.25, 0.3) is 5.76 Å². The lowest BCUT2D eigenvalue weighted by molar-refractivity contribution is -0.384. The molecular formula is C23H16ClN3O7S. The van der Waals surface area contributed by atoms with Crippen molar-refractivity contribution in [2.24, 2.45) is 0 Å². The molecule has 0 aliphatic carbocycles. The SMILES string of the molecule is COC(=O)c1sc(N2C(=O)C(=O)/C(=C(/O)c3ccc(Cl)cc3)[C@@H]2c2ccc([N+](=O)[O-])cc2)nc1C. The maximum absolute atomic E-state index is 13.2. The van der Waals surface area contributed by atoms with Crippen molar-refractivity contribution in [3.05, 3.63) is 90.9 Å². The van der Waals surface area contributed by atoms with Gasteiger partial charge in [-0.05, 0) is 48.9 Å². The van der Waals surface area contributed by atoms with Crippen molar-refractivity contribution >= 4 is 57.2 Å². The summed E-state index contributed by atoms with van der Waals surface area (Å²) in [5, 5.41) is 22.6. The van der Waals surface area contributed by atoms with Gasteiger partial charge in [-0.15, -0.1) is 0 Å². The van der Waals surface area contributed by atoms with E-state index in [2.05, 4.69) is 4.98 Å². The van der Waals surface area contributed by atoms with E-state index in [0.29, 0.717) is 16.3 Å². The van der Waals surface area contributed by atoms with Gasteiger partial charge in [-0.25, -0.2) is 9.78 Å². The van der Waals surface area contributed by atoms with Crippen molar-refractivity contribution in [3.8, 4) is 0 Å². The summed E-state index contributed by atoms with van der Waals surface area (Å²) < 4.78 is 4.75. The van der Waals surface area contributed by atoms with Crippen LogP contribution in [-0.2, 0) is 14.3 Å². The molecule has 1 amide bonds. The van der Waals surface area contributed by atoms with E-state index in [4.69, 9.17) is 16.3 Å². The first-order chi connectivity index (χ1) is 16.6. The van der Waals surface area contributed by atoms with Gasteiger partial charge in [0.25, 0.3) is 11.5 Å². The van der Waals surface area contributed by atoms with E-state index >= 15 is 0 Å². The normalized spacial score (nSPS) is 17.0. The summed E-state index contributed by atoms with van der Waals surface area (Å²) in [4.78, 5) is 54.5. The van der Waals surface area contributed by atoms with Gasteiger partial charge in [-0.2, -0.15) is 0 Å². The molecule has 0 radical (unpaired) electrons. The molecule has 0 saturated carbocycles. The number of esters is 1. The first-order valence-electron chi connectivity index (χ1n) is 10.0. The number of hydrogen-bond acceptors (Lipinski definition) is 9. The third-order valence-electron chi connectivity index (χ3n) is 5.34. The number of rotatable bonds is 5. The Morgan fingerprint density at radius 1 is 1.17 bits per heavy atom. The van der Waals surface area contributed by atoms with Crippen molar-refractivity contribution in [2.75, 3.05) is 12.0 Å². The number of thiazole rings is 1. The lowest BCUT2D eigenvalue weighted by Crippen LogP contribution is -2.29. The van der Waals surface area contributed by atoms with Crippen LogP contribution in [0.2, 0.25) is 5.02 Å². The average Bonchev–Trinajstić information content (AvgIpc) is 3.35. The number of hydrogen-bond donors (Lipinski definition) is 1. The van der Waals surface area contributed by atoms with Gasteiger partial charge < -0.3 is 9.84 Å². The number of carbonyl (C=O) groups excluding carboxylic acids is 3. The van der Waals surface area contributed by atoms with Crippen molar-refractivity contribution in [3.63, 3.8) is 0 Å². The molecule has 12 heteroatoms. The van der Waals surface area contributed by atoms with Crippen molar-refractivity contribution < 1.29 is 29.2 Å². The number of aryl methyl sites for hydroxylation is 1. The molecule has 0 unspecified atom stereocenters. The van der Waals surface area contributed by atoms with Gasteiger partial charge in [0.15, 0.2) is 5.13 Å². The monoisotopic (exact) mass is 513 g/mol. The molecular weight excluding hydrogens is 498 g/mol. The van der Waals surface area contributed by atoms with Gasteiger partial charge in [0.05, 0.1) is 29.3 Å². The highest BCUT2D eigenvalue weighted by molar-refractivity contribution is 7.17. The van der Waals surface area contributed by atoms with Crippen molar-refractivity contribution in [2.45, 2.75) is 13.0 Å². The number of carbonyl (C=O) groups is 3. The lowest BCUT2D eigenvalue weighted by Gasteiger charge is -2.22. The highest BCUT2D eigenvalue weighted by atomic mass is 35.5. The molecule has 1 saturated heterocycles. The summed E-state index contributed by atoms with van der Waals surface area (Å²) in [5.41, 5.74) is 0.418. The van der Waals surface area contributed by atoms with Crippen molar-refractivity contribution in [1.29, 1.82) is 0 Å². The number of methoxy groups -OCH3 is 1. The van der Waals surface area contributed by atoms with E-state index in [0.717, 1.165) is 16.2 Å². The van der Waals surface area contributed by atoms with Crippen LogP contribution in [0, 0.1) is 17.0 Å². The third-order valence-corrected chi connectivity index (χ3v) is 6.73. The summed E-state index contributed by atoms with van der Waals surface area (Å²) in [6.45, 7) is 1.55. The predicted octanol–water partition coefficient (Wildman–Crippen LogP) is 4.43. The minimum absolute atomic E-state index is 0.0310. The summed E-state index contributed by atoms with van der Waals surface area (Å²) in [7, 11) is 1.20. The number of aromatic nitrogens is 1. The second kappa shape index (κ2) is 9.28. The molecule has 0 bridgehead atoms. The average molecular weight is 514 g/mol. The molecule has 35 heavy (non-hydrogen) atoms. The van der Waals surface area contributed by atoms with Gasteiger partial charge in [0, 0.05) is 22.7 Å². The fourth-order valence-electron chi connectivity index (χ4n) is 3.65. The topological polar surface area (TPSA) is 140 Å². The number of aliphatic hydroxyl groups is 1. The molecule has 1 aliphatic heterocycles. The number of ether oxygens (including phenoxy) is 1. The van der Waals surface area contributed by atoms with Crippen LogP contribution in [0.15, 0.2) is 54.1 Å². The van der Waals surface area contributed by atoms with Crippen molar-refractivity contribution in [1.82, 2.24) is 4.98 Å². The number of amides is 1. The highest BCUT2D eigenvalue weighted by Crippen LogP contribution is 2.44. The molecule has 2 aromatic carbocycles. The molecule has 1 aromatic heterocycles. The molecule has 1 aliphatic rings. The van der Waals surface area contributed by atoms with Crippen LogP contribution in [0.4, 0.5) is 10.8 Å². The Kier molecular flexibility index (Phi) is 6.37. The molecule has 1 fully saturated rings. The fourth-order valence-corrected chi connectivity index (χ4v) is 4.79. The van der Waals surface area contributed by atoms with Gasteiger partial charge in [-0.1, -0.05) is 22.9 Å². The van der Waals surface area contributed by atoms with Gasteiger partial charge in [-0.3, -0.25) is 24.6 Å². The number of non-ortho nitro benzene ring substituents is 1. The molecule has 2 heterocycles. The third kappa shape index (κ3) is 4.27. The number of aliphatic hydroxyl groups excluding tert-OH is 1. The summed E-state index contributed by atoms with van der Waals surface area (Å²) in [6, 6.07) is 10.1. The fraction of sp³-hybridized carbons (Fsp3) is 0.130. The molecule has 3 aromatic rings. The number of nitrogens with zero attached hydrogens (tertiary/aromatic N) is 3. The Morgan fingerprint density at radius 3 is 2.37 bits per heavy atom. The zero-order chi connectivity index (χ0) is 25.4. The smallest absolute Gasteiger partial charge is 0.350 e. The Balaban J connectivity index is 1.93. The first-order valence-corrected chi connectivity index (χ1v) is 11.2. The van der Waals surface area contributed by atoms with Gasteiger partial charge in [0.2, 0.25) is 0 Å². The van der Waals surface area contributed by atoms with E-state index in [1.807, 2.05) is 0 Å². The van der Waals surface area contributed by atoms with Gasteiger partial charge in [0.1, 0.15) is 10.6 Å². The first kappa shape index (κ1) is 24.0. The number of nitro groups is 1. The summed E-state index contributed by atoms with van der Waals surface area (Å²) in [6.07, 6.45) is 0. The maximum Gasteiger partial charge on any atom is 0.350 e. The largest absolute Gasteiger partial charge is 0.507 e. The zero-order valence-corrected chi connectivity index (χ0v) is 19.8. The van der Waals surface area contributed by atoms with Crippen LogP contribution >= 0.6 is 22.9 Å². The van der Waals surface area contributed by atoms with Crippen LogP contribution in [0.1, 0.15) is 32.5 Å². The van der Waals surface area contributed by atoms with E-state index in [-0.39, 0.29) is 26.8 Å². The zero-order valence-electron chi connectivity index (χ0n) is 18.2. The minimum Gasteiger partial charge on any atom is -0.507 e. The summed E-state index contributed by atoms with van der Waals surface area (Å²) in [5.74, 6) is -3.06. The summed E-state index contributed by atoms with van der Waals surface area (Å²) >= 11 is 6.77. The quantitative estimate of drug-likeness (QED) is 0.132.